The number of hydrogen-bond donors (Lipinski definition) is 0. The predicted octanol–water partition coefficient (Wildman–Crippen LogP) is 2.05. The van der Waals surface area contributed by atoms with E-state index in [2.05, 4.69) is 34.1 Å². The number of benzene rings is 1. The fraction of sp³-hybridized carbons (Fsp3) is 0.333. The molecule has 2 heterocycles. The fourth-order valence-electron chi connectivity index (χ4n) is 2.76. The van der Waals surface area contributed by atoms with Crippen molar-refractivity contribution in [2.45, 2.75) is 6.54 Å². The van der Waals surface area contributed by atoms with E-state index in [1.54, 1.807) is 25.3 Å². The summed E-state index contributed by atoms with van der Waals surface area (Å²) in [5.41, 5.74) is 1.75. The first-order valence-corrected chi connectivity index (χ1v) is 7.83. The summed E-state index contributed by atoms with van der Waals surface area (Å²) in [7, 11) is 1.55. The van der Waals surface area contributed by atoms with Crippen molar-refractivity contribution in [3.05, 3.63) is 59.8 Å². The third-order valence-electron chi connectivity index (χ3n) is 4.06. The van der Waals surface area contributed by atoms with Crippen molar-refractivity contribution in [3.8, 4) is 5.88 Å². The molecule has 0 unspecified atom stereocenters. The molecular formula is C18H21N3O2. The first-order valence-electron chi connectivity index (χ1n) is 7.83. The molecule has 0 N–H and O–H groups in total. The van der Waals surface area contributed by atoms with Crippen molar-refractivity contribution >= 4 is 5.91 Å². The second-order valence-electron chi connectivity index (χ2n) is 5.62. The number of amides is 1. The van der Waals surface area contributed by atoms with Crippen molar-refractivity contribution in [3.63, 3.8) is 0 Å². The quantitative estimate of drug-likeness (QED) is 0.867. The summed E-state index contributed by atoms with van der Waals surface area (Å²) in [5, 5.41) is 0. The van der Waals surface area contributed by atoms with Gasteiger partial charge in [-0.1, -0.05) is 36.4 Å². The molecule has 3 rings (SSSR count). The van der Waals surface area contributed by atoms with Gasteiger partial charge in [0, 0.05) is 38.8 Å². The average Bonchev–Trinajstić information content (AvgIpc) is 2.63. The molecule has 23 heavy (non-hydrogen) atoms. The van der Waals surface area contributed by atoms with Crippen LogP contribution in [0.2, 0.25) is 0 Å². The van der Waals surface area contributed by atoms with E-state index in [1.165, 1.54) is 5.56 Å². The number of carbonyl (C=O) groups excluding carboxylic acids is 1. The van der Waals surface area contributed by atoms with Gasteiger partial charge in [0.1, 0.15) is 5.69 Å². The molecule has 1 amide bonds. The van der Waals surface area contributed by atoms with Crippen LogP contribution in [-0.2, 0) is 6.54 Å². The molecule has 120 valence electrons. The minimum atomic E-state index is -0.0248. The summed E-state index contributed by atoms with van der Waals surface area (Å²) in [6.07, 6.45) is 0. The molecule has 0 radical (unpaired) electrons. The van der Waals surface area contributed by atoms with Gasteiger partial charge in [-0.05, 0) is 11.6 Å². The van der Waals surface area contributed by atoms with Gasteiger partial charge < -0.3 is 9.64 Å². The van der Waals surface area contributed by atoms with E-state index in [-0.39, 0.29) is 5.91 Å². The van der Waals surface area contributed by atoms with E-state index < -0.39 is 0 Å². The lowest BCUT2D eigenvalue weighted by Gasteiger charge is -2.34. The van der Waals surface area contributed by atoms with Crippen LogP contribution in [0.25, 0.3) is 0 Å². The zero-order valence-electron chi connectivity index (χ0n) is 13.3. The Labute approximate surface area is 136 Å². The summed E-state index contributed by atoms with van der Waals surface area (Å²) in [4.78, 5) is 21.0. The summed E-state index contributed by atoms with van der Waals surface area (Å²) < 4.78 is 5.09. The Morgan fingerprint density at radius 2 is 1.78 bits per heavy atom. The number of carbonyl (C=O) groups is 1. The average molecular weight is 311 g/mol. The molecule has 0 spiro atoms. The molecule has 5 heteroatoms. The highest BCUT2D eigenvalue weighted by atomic mass is 16.5. The van der Waals surface area contributed by atoms with E-state index >= 15 is 0 Å². The van der Waals surface area contributed by atoms with Gasteiger partial charge in [-0.25, -0.2) is 4.98 Å². The molecular weight excluding hydrogens is 290 g/mol. The Kier molecular flexibility index (Phi) is 4.88. The number of nitrogens with zero attached hydrogens (tertiary/aromatic N) is 3. The second-order valence-corrected chi connectivity index (χ2v) is 5.62. The fourth-order valence-corrected chi connectivity index (χ4v) is 2.76. The summed E-state index contributed by atoms with van der Waals surface area (Å²) in [5.74, 6) is 0.446. The third-order valence-corrected chi connectivity index (χ3v) is 4.06. The number of rotatable bonds is 4. The molecule has 1 aliphatic rings. The first-order chi connectivity index (χ1) is 11.3. The van der Waals surface area contributed by atoms with Crippen LogP contribution in [0.5, 0.6) is 5.88 Å². The first kappa shape index (κ1) is 15.5. The van der Waals surface area contributed by atoms with E-state index in [9.17, 15) is 4.79 Å². The smallest absolute Gasteiger partial charge is 0.272 e. The lowest BCUT2D eigenvalue weighted by molar-refractivity contribution is 0.0622. The van der Waals surface area contributed by atoms with Crippen molar-refractivity contribution in [2.24, 2.45) is 0 Å². The van der Waals surface area contributed by atoms with Gasteiger partial charge in [0.25, 0.3) is 5.91 Å². The number of aromatic nitrogens is 1. The number of hydrogen-bond acceptors (Lipinski definition) is 4. The molecule has 0 bridgehead atoms. The van der Waals surface area contributed by atoms with Gasteiger partial charge in [0.05, 0.1) is 7.11 Å². The normalized spacial score (nSPS) is 15.4. The Hall–Kier alpha value is -2.40. The lowest BCUT2D eigenvalue weighted by Crippen LogP contribution is -2.48. The Balaban J connectivity index is 1.57. The Morgan fingerprint density at radius 3 is 2.48 bits per heavy atom. The van der Waals surface area contributed by atoms with E-state index in [4.69, 9.17) is 4.74 Å². The van der Waals surface area contributed by atoms with Crippen LogP contribution in [0.4, 0.5) is 0 Å². The molecule has 5 nitrogen and oxygen atoms in total. The molecule has 1 saturated heterocycles. The van der Waals surface area contributed by atoms with Crippen molar-refractivity contribution in [1.29, 1.82) is 0 Å². The molecule has 2 aromatic rings. The monoisotopic (exact) mass is 311 g/mol. The standard InChI is InChI=1S/C18H21N3O2/c1-23-17-9-5-8-16(19-17)18(22)21-12-10-20(11-13-21)14-15-6-3-2-4-7-15/h2-9H,10-14H2,1H3. The van der Waals surface area contributed by atoms with Crippen LogP contribution < -0.4 is 4.74 Å². The van der Waals surface area contributed by atoms with Crippen LogP contribution in [0.15, 0.2) is 48.5 Å². The summed E-state index contributed by atoms with van der Waals surface area (Å²) >= 11 is 0. The minimum absolute atomic E-state index is 0.0248. The van der Waals surface area contributed by atoms with Crippen LogP contribution in [-0.4, -0.2) is 54.0 Å². The van der Waals surface area contributed by atoms with Crippen molar-refractivity contribution < 1.29 is 9.53 Å². The molecule has 0 atom stereocenters. The molecule has 1 fully saturated rings. The van der Waals surface area contributed by atoms with Crippen molar-refractivity contribution in [1.82, 2.24) is 14.8 Å². The highest BCUT2D eigenvalue weighted by molar-refractivity contribution is 5.92. The highest BCUT2D eigenvalue weighted by Crippen LogP contribution is 2.13. The SMILES string of the molecule is COc1cccc(C(=O)N2CCN(Cc3ccccc3)CC2)n1. The van der Waals surface area contributed by atoms with Gasteiger partial charge in [-0.15, -0.1) is 0 Å². The number of methoxy groups -OCH3 is 1. The van der Waals surface area contributed by atoms with Gasteiger partial charge in [0.15, 0.2) is 0 Å². The van der Waals surface area contributed by atoms with E-state index in [0.717, 1.165) is 32.7 Å². The Morgan fingerprint density at radius 1 is 1.04 bits per heavy atom. The van der Waals surface area contributed by atoms with Crippen LogP contribution >= 0.6 is 0 Å². The van der Waals surface area contributed by atoms with Crippen LogP contribution in [0.3, 0.4) is 0 Å². The third kappa shape index (κ3) is 3.87. The minimum Gasteiger partial charge on any atom is -0.481 e. The highest BCUT2D eigenvalue weighted by Gasteiger charge is 2.23. The zero-order chi connectivity index (χ0) is 16.1. The number of pyridine rings is 1. The summed E-state index contributed by atoms with van der Waals surface area (Å²) in [6.45, 7) is 4.14. The largest absolute Gasteiger partial charge is 0.481 e. The van der Waals surface area contributed by atoms with Gasteiger partial charge in [-0.3, -0.25) is 9.69 Å². The van der Waals surface area contributed by atoms with E-state index in [1.807, 2.05) is 11.0 Å². The topological polar surface area (TPSA) is 45.7 Å². The summed E-state index contributed by atoms with van der Waals surface area (Å²) in [6, 6.07) is 15.7. The van der Waals surface area contributed by atoms with Gasteiger partial charge in [0.2, 0.25) is 5.88 Å². The Bertz CT molecular complexity index is 652. The molecule has 1 aromatic carbocycles. The van der Waals surface area contributed by atoms with E-state index in [0.29, 0.717) is 11.6 Å². The predicted molar refractivity (Wildman–Crippen MR) is 88.4 cm³/mol. The molecule has 0 aliphatic carbocycles. The van der Waals surface area contributed by atoms with Gasteiger partial charge in [-0.2, -0.15) is 0 Å². The van der Waals surface area contributed by atoms with Gasteiger partial charge >= 0.3 is 0 Å². The maximum atomic E-state index is 12.5. The lowest BCUT2D eigenvalue weighted by atomic mass is 10.2. The zero-order valence-corrected chi connectivity index (χ0v) is 13.3. The molecule has 0 saturated carbocycles. The number of ether oxygens (including phenoxy) is 1. The molecule has 1 aliphatic heterocycles. The van der Waals surface area contributed by atoms with Crippen LogP contribution in [0.1, 0.15) is 16.1 Å². The maximum Gasteiger partial charge on any atom is 0.272 e. The second kappa shape index (κ2) is 7.24. The maximum absolute atomic E-state index is 12.5. The molecule has 1 aromatic heterocycles. The van der Waals surface area contributed by atoms with Crippen LogP contribution in [0, 0.1) is 0 Å². The van der Waals surface area contributed by atoms with Crippen molar-refractivity contribution in [2.75, 3.05) is 33.3 Å². The number of piperazine rings is 1.